The lowest BCUT2D eigenvalue weighted by Crippen LogP contribution is -2.32. The molecule has 0 saturated carbocycles. The maximum Gasteiger partial charge on any atom is 0.416 e. The zero-order chi connectivity index (χ0) is 15.1. The van der Waals surface area contributed by atoms with Crippen molar-refractivity contribution in [2.24, 2.45) is 0 Å². The van der Waals surface area contributed by atoms with E-state index in [2.05, 4.69) is 15.6 Å². The lowest BCUT2D eigenvalue weighted by atomic mass is 10.1. The molecule has 1 aromatic heterocycles. The Morgan fingerprint density at radius 1 is 1.33 bits per heavy atom. The summed E-state index contributed by atoms with van der Waals surface area (Å²) >= 11 is 0. The van der Waals surface area contributed by atoms with Gasteiger partial charge >= 0.3 is 6.18 Å². The summed E-state index contributed by atoms with van der Waals surface area (Å²) in [6.07, 6.45) is -0.0979. The van der Waals surface area contributed by atoms with E-state index in [0.717, 1.165) is 50.7 Å². The minimum absolute atomic E-state index is 0.242. The first kappa shape index (κ1) is 16.0. The molecule has 1 fully saturated rings. The van der Waals surface area contributed by atoms with Gasteiger partial charge in [-0.05, 0) is 44.5 Å². The molecule has 0 bridgehead atoms. The highest BCUT2D eigenvalue weighted by Crippen LogP contribution is 2.29. The third kappa shape index (κ3) is 5.51. The summed E-state index contributed by atoms with van der Waals surface area (Å²) in [6.45, 7) is 3.12. The molecule has 0 aliphatic carbocycles. The Labute approximate surface area is 122 Å². The average molecular weight is 303 g/mol. The van der Waals surface area contributed by atoms with Crippen molar-refractivity contribution in [3.8, 4) is 0 Å². The SMILES string of the molecule is FC(F)(F)c1ccnc(NCCCOC2CCNCC2)c1. The number of hydrogen-bond donors (Lipinski definition) is 2. The van der Waals surface area contributed by atoms with Gasteiger partial charge in [-0.15, -0.1) is 0 Å². The molecule has 7 heteroatoms. The highest BCUT2D eigenvalue weighted by Gasteiger charge is 2.30. The van der Waals surface area contributed by atoms with Crippen LogP contribution in [0.25, 0.3) is 0 Å². The molecule has 4 nitrogen and oxygen atoms in total. The number of piperidine rings is 1. The summed E-state index contributed by atoms with van der Waals surface area (Å²) < 4.78 is 43.3. The van der Waals surface area contributed by atoms with Gasteiger partial charge in [-0.25, -0.2) is 4.98 Å². The van der Waals surface area contributed by atoms with Gasteiger partial charge in [0.05, 0.1) is 11.7 Å². The quantitative estimate of drug-likeness (QED) is 0.793. The Hall–Kier alpha value is -1.34. The average Bonchev–Trinajstić information content (AvgIpc) is 2.47. The molecule has 0 aromatic carbocycles. The Kier molecular flexibility index (Phi) is 5.81. The van der Waals surface area contributed by atoms with E-state index in [1.807, 2.05) is 0 Å². The van der Waals surface area contributed by atoms with Crippen LogP contribution in [0.15, 0.2) is 18.3 Å². The van der Waals surface area contributed by atoms with Gasteiger partial charge in [-0.1, -0.05) is 0 Å². The first-order chi connectivity index (χ1) is 10.1. The Balaban J connectivity index is 1.66. The number of alkyl halides is 3. The van der Waals surface area contributed by atoms with E-state index in [1.54, 1.807) is 0 Å². The zero-order valence-electron chi connectivity index (χ0n) is 11.7. The van der Waals surface area contributed by atoms with Crippen molar-refractivity contribution in [2.75, 3.05) is 31.6 Å². The standard InChI is InChI=1S/C14H20F3N3O/c15-14(16,17)11-2-8-20-13(10-11)19-5-1-9-21-12-3-6-18-7-4-12/h2,8,10,12,18H,1,3-7,9H2,(H,19,20). The monoisotopic (exact) mass is 303 g/mol. The van der Waals surface area contributed by atoms with Crippen molar-refractivity contribution < 1.29 is 17.9 Å². The largest absolute Gasteiger partial charge is 0.416 e. The molecular weight excluding hydrogens is 283 g/mol. The molecule has 0 unspecified atom stereocenters. The molecule has 21 heavy (non-hydrogen) atoms. The summed E-state index contributed by atoms with van der Waals surface area (Å²) in [5.74, 6) is 0.242. The third-order valence-corrected chi connectivity index (χ3v) is 3.35. The van der Waals surface area contributed by atoms with Crippen LogP contribution in [-0.4, -0.2) is 37.3 Å². The maximum absolute atomic E-state index is 12.5. The lowest BCUT2D eigenvalue weighted by Gasteiger charge is -2.22. The molecule has 118 valence electrons. The van der Waals surface area contributed by atoms with E-state index in [-0.39, 0.29) is 5.82 Å². The smallest absolute Gasteiger partial charge is 0.378 e. The lowest BCUT2D eigenvalue weighted by molar-refractivity contribution is -0.137. The summed E-state index contributed by atoms with van der Waals surface area (Å²) in [5, 5.41) is 6.15. The Morgan fingerprint density at radius 3 is 2.81 bits per heavy atom. The van der Waals surface area contributed by atoms with Crippen molar-refractivity contribution in [3.05, 3.63) is 23.9 Å². The molecule has 1 aliphatic heterocycles. The number of halogens is 3. The molecule has 1 saturated heterocycles. The molecule has 0 amide bonds. The van der Waals surface area contributed by atoms with Gasteiger partial charge in [0, 0.05) is 19.3 Å². The second-order valence-electron chi connectivity index (χ2n) is 5.03. The summed E-state index contributed by atoms with van der Waals surface area (Å²) in [6, 6.07) is 1.99. The van der Waals surface area contributed by atoms with E-state index in [4.69, 9.17) is 4.74 Å². The fourth-order valence-electron chi connectivity index (χ4n) is 2.20. The van der Waals surface area contributed by atoms with Gasteiger partial charge in [0.2, 0.25) is 0 Å². The van der Waals surface area contributed by atoms with Crippen LogP contribution in [0, 0.1) is 0 Å². The van der Waals surface area contributed by atoms with Gasteiger partial charge in [-0.3, -0.25) is 0 Å². The molecule has 1 aliphatic rings. The van der Waals surface area contributed by atoms with Gasteiger partial charge in [0.15, 0.2) is 0 Å². The molecule has 0 atom stereocenters. The number of anilines is 1. The van der Waals surface area contributed by atoms with Gasteiger partial charge in [0.1, 0.15) is 5.82 Å². The predicted molar refractivity (Wildman–Crippen MR) is 74.2 cm³/mol. The molecule has 0 radical (unpaired) electrons. The molecular formula is C14H20F3N3O. The van der Waals surface area contributed by atoms with E-state index in [0.29, 0.717) is 19.3 Å². The Bertz CT molecular complexity index is 434. The van der Waals surface area contributed by atoms with E-state index >= 15 is 0 Å². The minimum Gasteiger partial charge on any atom is -0.378 e. The summed E-state index contributed by atoms with van der Waals surface area (Å²) in [7, 11) is 0. The highest BCUT2D eigenvalue weighted by atomic mass is 19.4. The number of hydrogen-bond acceptors (Lipinski definition) is 4. The highest BCUT2D eigenvalue weighted by molar-refractivity contribution is 5.38. The fourth-order valence-corrected chi connectivity index (χ4v) is 2.20. The van der Waals surface area contributed by atoms with Crippen molar-refractivity contribution in [1.29, 1.82) is 0 Å². The number of pyridine rings is 1. The summed E-state index contributed by atoms with van der Waals surface area (Å²) in [4.78, 5) is 3.88. The van der Waals surface area contributed by atoms with Crippen molar-refractivity contribution in [1.82, 2.24) is 10.3 Å². The van der Waals surface area contributed by atoms with Crippen LogP contribution < -0.4 is 10.6 Å². The number of nitrogens with zero attached hydrogens (tertiary/aromatic N) is 1. The number of rotatable bonds is 6. The second-order valence-corrected chi connectivity index (χ2v) is 5.03. The first-order valence-corrected chi connectivity index (χ1v) is 7.15. The van der Waals surface area contributed by atoms with Crippen LogP contribution in [0.5, 0.6) is 0 Å². The van der Waals surface area contributed by atoms with Crippen molar-refractivity contribution >= 4 is 5.82 Å². The van der Waals surface area contributed by atoms with Crippen LogP contribution in [0.1, 0.15) is 24.8 Å². The van der Waals surface area contributed by atoms with E-state index in [1.165, 1.54) is 0 Å². The van der Waals surface area contributed by atoms with Crippen LogP contribution in [-0.2, 0) is 10.9 Å². The topological polar surface area (TPSA) is 46.2 Å². The third-order valence-electron chi connectivity index (χ3n) is 3.35. The van der Waals surface area contributed by atoms with E-state index in [9.17, 15) is 13.2 Å². The van der Waals surface area contributed by atoms with Gasteiger partial charge in [-0.2, -0.15) is 13.2 Å². The van der Waals surface area contributed by atoms with Crippen molar-refractivity contribution in [3.63, 3.8) is 0 Å². The van der Waals surface area contributed by atoms with Gasteiger partial charge in [0.25, 0.3) is 0 Å². The summed E-state index contributed by atoms with van der Waals surface area (Å²) in [5.41, 5.74) is -0.689. The first-order valence-electron chi connectivity index (χ1n) is 7.15. The molecule has 0 spiro atoms. The second kappa shape index (κ2) is 7.61. The van der Waals surface area contributed by atoms with Gasteiger partial charge < -0.3 is 15.4 Å². The van der Waals surface area contributed by atoms with Crippen LogP contribution in [0.4, 0.5) is 19.0 Å². The number of aromatic nitrogens is 1. The van der Waals surface area contributed by atoms with Crippen LogP contribution in [0.3, 0.4) is 0 Å². The number of nitrogens with one attached hydrogen (secondary N) is 2. The number of ether oxygens (including phenoxy) is 1. The maximum atomic E-state index is 12.5. The fraction of sp³-hybridized carbons (Fsp3) is 0.643. The zero-order valence-corrected chi connectivity index (χ0v) is 11.7. The minimum atomic E-state index is -4.34. The predicted octanol–water partition coefficient (Wildman–Crippen LogP) is 2.67. The van der Waals surface area contributed by atoms with Crippen LogP contribution >= 0.6 is 0 Å². The van der Waals surface area contributed by atoms with E-state index < -0.39 is 11.7 Å². The normalized spacial score (nSPS) is 16.9. The molecule has 2 N–H and O–H groups in total. The van der Waals surface area contributed by atoms with Crippen LogP contribution in [0.2, 0.25) is 0 Å². The molecule has 2 heterocycles. The van der Waals surface area contributed by atoms with Crippen molar-refractivity contribution in [2.45, 2.75) is 31.5 Å². The molecule has 1 aromatic rings. The molecule has 2 rings (SSSR count). The Morgan fingerprint density at radius 2 is 2.10 bits per heavy atom.